The molecule has 1 aromatic heterocycles. The lowest BCUT2D eigenvalue weighted by Crippen LogP contribution is -2.41. The average molecular weight is 383 g/mol. The summed E-state index contributed by atoms with van der Waals surface area (Å²) in [6, 6.07) is 3.34. The van der Waals surface area contributed by atoms with Crippen LogP contribution < -0.4 is 0 Å². The van der Waals surface area contributed by atoms with Crippen LogP contribution in [0.3, 0.4) is 0 Å². The third kappa shape index (κ3) is 3.35. The topological polar surface area (TPSA) is 29.5 Å². The van der Waals surface area contributed by atoms with Gasteiger partial charge in [-0.25, -0.2) is 4.79 Å². The molecular formula is C20H24ClNO2S. The molecule has 1 aliphatic heterocycles. The summed E-state index contributed by atoms with van der Waals surface area (Å²) in [6.45, 7) is 4.09. The van der Waals surface area contributed by atoms with Gasteiger partial charge in [-0.1, -0.05) is 29.8 Å². The van der Waals surface area contributed by atoms with E-state index in [0.717, 1.165) is 26.7 Å². The molecule has 1 unspecified atom stereocenters. The number of benzene rings is 1. The molecule has 2 aromatic rings. The number of carbonyl (C=O) groups is 1. The average Bonchev–Trinajstić information content (AvgIpc) is 2.95. The van der Waals surface area contributed by atoms with Crippen LogP contribution in [0.1, 0.15) is 59.2 Å². The molecule has 0 aliphatic carbocycles. The molecule has 0 fully saturated rings. The van der Waals surface area contributed by atoms with Crippen LogP contribution in [0.25, 0.3) is 0 Å². The van der Waals surface area contributed by atoms with E-state index in [9.17, 15) is 6.17 Å². The van der Waals surface area contributed by atoms with Crippen molar-refractivity contribution in [3.05, 3.63) is 55.7 Å². The summed E-state index contributed by atoms with van der Waals surface area (Å²) in [5, 5.41) is 0.215. The third-order valence-electron chi connectivity index (χ3n) is 4.37. The van der Waals surface area contributed by atoms with Gasteiger partial charge in [0, 0.05) is 32.8 Å². The minimum Gasteiger partial charge on any atom is -0.465 e. The van der Waals surface area contributed by atoms with E-state index in [4.69, 9.17) is 21.8 Å². The van der Waals surface area contributed by atoms with Gasteiger partial charge >= 0.3 is 5.97 Å². The molecular weight excluding hydrogens is 354 g/mol. The highest BCUT2D eigenvalue weighted by molar-refractivity contribution is 7.12. The number of thiophene rings is 1. The van der Waals surface area contributed by atoms with Gasteiger partial charge < -0.3 is 4.74 Å². The van der Waals surface area contributed by atoms with E-state index >= 15 is 0 Å². The number of carbonyl (C=O) groups excluding carboxylic acids is 1. The van der Waals surface area contributed by atoms with Gasteiger partial charge in [0.25, 0.3) is 0 Å². The minimum absolute atomic E-state index is 0.0556. The normalized spacial score (nSPS) is 28.6. The zero-order valence-electron chi connectivity index (χ0n) is 19.6. The molecule has 0 radical (unpaired) electrons. The van der Waals surface area contributed by atoms with Gasteiger partial charge in [0.15, 0.2) is 0 Å². The Bertz CT molecular complexity index is 992. The number of fused-ring (bicyclic) bond motifs is 1. The first-order chi connectivity index (χ1) is 13.8. The molecule has 2 atom stereocenters. The second-order valence-electron chi connectivity index (χ2n) is 5.86. The lowest BCUT2D eigenvalue weighted by atomic mass is 9.93. The first kappa shape index (κ1) is 12.9. The predicted octanol–water partition coefficient (Wildman–Crippen LogP) is 5.24. The quantitative estimate of drug-likeness (QED) is 0.677. The number of rotatable bonds is 4. The first-order valence-electron chi connectivity index (χ1n) is 10.6. The standard InChI is InChI=1S/C20H24ClNO2S/c1-5-24-20(23)19(15-8-6-7-9-16(15)21)22-11-10-17-18(13(22)3)12(2)14(4)25-17/h6-9,13,19H,5,10-11H2,1-4H3/t13?,19-/m0/s1/i10D2,11D2,13D. The Morgan fingerprint density at radius 1 is 1.52 bits per heavy atom. The summed E-state index contributed by atoms with van der Waals surface area (Å²) >= 11 is 7.52. The third-order valence-corrected chi connectivity index (χ3v) is 5.83. The van der Waals surface area contributed by atoms with Gasteiger partial charge in [-0.05, 0) is 56.8 Å². The van der Waals surface area contributed by atoms with Crippen LogP contribution in [0.5, 0.6) is 0 Å². The SMILES string of the molecule is [2H]C1(C)c2c(sc(C)c2C)C([2H])([2H])C([2H])([2H])N1[C@H](C(=O)OCC)c1ccccc1Cl. The molecule has 0 saturated heterocycles. The van der Waals surface area contributed by atoms with E-state index < -0.39 is 30.9 Å². The van der Waals surface area contributed by atoms with Gasteiger partial charge in [0.05, 0.1) is 7.98 Å². The van der Waals surface area contributed by atoms with Gasteiger partial charge in [0.2, 0.25) is 0 Å². The van der Waals surface area contributed by atoms with Crippen LogP contribution in [0.2, 0.25) is 5.02 Å². The molecule has 1 aliphatic rings. The highest BCUT2D eigenvalue weighted by Crippen LogP contribution is 2.43. The van der Waals surface area contributed by atoms with E-state index in [0.29, 0.717) is 5.56 Å². The van der Waals surface area contributed by atoms with Gasteiger partial charge in [-0.2, -0.15) is 0 Å². The fraction of sp³-hybridized carbons (Fsp3) is 0.450. The molecule has 0 N–H and O–H groups in total. The molecule has 1 aromatic carbocycles. The Labute approximate surface area is 165 Å². The highest BCUT2D eigenvalue weighted by atomic mass is 35.5. The minimum atomic E-state index is -2.70. The lowest BCUT2D eigenvalue weighted by molar-refractivity contribution is -0.151. The molecule has 0 bridgehead atoms. The summed E-state index contributed by atoms with van der Waals surface area (Å²) in [4.78, 5) is 15.1. The maximum Gasteiger partial charge on any atom is 0.328 e. The number of halogens is 1. The number of aryl methyl sites for hydroxylation is 2. The molecule has 3 rings (SSSR count). The monoisotopic (exact) mass is 382 g/mol. The fourth-order valence-corrected chi connectivity index (χ4v) is 4.31. The maximum absolute atomic E-state index is 13.1. The molecule has 0 amide bonds. The summed E-state index contributed by atoms with van der Waals surface area (Å²) in [7, 11) is 0. The Morgan fingerprint density at radius 3 is 2.92 bits per heavy atom. The second-order valence-corrected chi connectivity index (χ2v) is 7.49. The van der Waals surface area contributed by atoms with E-state index in [2.05, 4.69) is 0 Å². The zero-order valence-corrected chi connectivity index (χ0v) is 16.2. The summed E-state index contributed by atoms with van der Waals surface area (Å²) in [5.74, 6) is -0.781. The first-order valence-corrected chi connectivity index (χ1v) is 9.31. The number of nitrogens with zero attached hydrogens (tertiary/aromatic N) is 1. The van der Waals surface area contributed by atoms with Crippen LogP contribution in [-0.4, -0.2) is 24.0 Å². The maximum atomic E-state index is 13.1. The van der Waals surface area contributed by atoms with Crippen molar-refractivity contribution in [1.82, 2.24) is 4.90 Å². The van der Waals surface area contributed by atoms with Crippen molar-refractivity contribution in [3.63, 3.8) is 0 Å². The van der Waals surface area contributed by atoms with Crippen LogP contribution in [0, 0.1) is 13.8 Å². The Hall–Kier alpha value is -1.36. The van der Waals surface area contributed by atoms with E-state index in [1.807, 2.05) is 6.92 Å². The zero-order chi connectivity index (χ0) is 22.6. The summed E-state index contributed by atoms with van der Waals surface area (Å²) in [6.07, 6.45) is -2.46. The van der Waals surface area contributed by atoms with Crippen LogP contribution in [-0.2, 0) is 15.9 Å². The Kier molecular flexibility index (Phi) is 3.86. The van der Waals surface area contributed by atoms with Crippen molar-refractivity contribution in [1.29, 1.82) is 0 Å². The molecule has 0 spiro atoms. The smallest absolute Gasteiger partial charge is 0.328 e. The Morgan fingerprint density at radius 2 is 2.24 bits per heavy atom. The highest BCUT2D eigenvalue weighted by Gasteiger charge is 2.38. The van der Waals surface area contributed by atoms with Crippen LogP contribution in [0.15, 0.2) is 24.3 Å². The van der Waals surface area contributed by atoms with Crippen molar-refractivity contribution in [2.75, 3.05) is 13.1 Å². The van der Waals surface area contributed by atoms with Crippen LogP contribution in [0.4, 0.5) is 0 Å². The Balaban J connectivity index is 2.36. The molecule has 0 saturated carbocycles. The number of hydrogen-bond donors (Lipinski definition) is 0. The second kappa shape index (κ2) is 7.48. The number of hydrogen-bond acceptors (Lipinski definition) is 4. The lowest BCUT2D eigenvalue weighted by Gasteiger charge is -2.39. The molecule has 134 valence electrons. The number of ether oxygens (including phenoxy) is 1. The fourth-order valence-electron chi connectivity index (χ4n) is 3.01. The van der Waals surface area contributed by atoms with E-state index in [1.54, 1.807) is 38.1 Å². The summed E-state index contributed by atoms with van der Waals surface area (Å²) < 4.78 is 49.3. The van der Waals surface area contributed by atoms with E-state index in [1.165, 1.54) is 6.92 Å². The van der Waals surface area contributed by atoms with Crippen molar-refractivity contribution >= 4 is 28.9 Å². The van der Waals surface area contributed by atoms with Crippen molar-refractivity contribution in [3.8, 4) is 0 Å². The van der Waals surface area contributed by atoms with Gasteiger partial charge in [-0.15, -0.1) is 11.3 Å². The van der Waals surface area contributed by atoms with E-state index in [-0.39, 0.29) is 22.1 Å². The van der Waals surface area contributed by atoms with Crippen molar-refractivity contribution in [2.45, 2.75) is 46.1 Å². The largest absolute Gasteiger partial charge is 0.465 e. The van der Waals surface area contributed by atoms with Crippen molar-refractivity contribution in [2.24, 2.45) is 0 Å². The molecule has 3 nitrogen and oxygen atoms in total. The molecule has 2 heterocycles. The van der Waals surface area contributed by atoms with Gasteiger partial charge in [-0.3, -0.25) is 4.90 Å². The molecule has 5 heteroatoms. The number of esters is 1. The van der Waals surface area contributed by atoms with Crippen molar-refractivity contribution < 1.29 is 16.4 Å². The predicted molar refractivity (Wildman–Crippen MR) is 103 cm³/mol. The van der Waals surface area contributed by atoms with Crippen LogP contribution >= 0.6 is 22.9 Å². The summed E-state index contributed by atoms with van der Waals surface area (Å²) in [5.41, 5.74) is 1.37. The molecule has 25 heavy (non-hydrogen) atoms. The van der Waals surface area contributed by atoms with Gasteiger partial charge in [0.1, 0.15) is 6.04 Å².